The monoisotopic (exact) mass is 219 g/mol. The molecule has 1 aromatic carbocycles. The summed E-state index contributed by atoms with van der Waals surface area (Å²) in [6.07, 6.45) is 0. The molecule has 0 aliphatic rings. The van der Waals surface area contributed by atoms with E-state index >= 15 is 0 Å². The van der Waals surface area contributed by atoms with Gasteiger partial charge < -0.3 is 5.32 Å². The number of hydrogen-bond acceptors (Lipinski definition) is 2. The zero-order chi connectivity index (χ0) is 11.7. The Labute approximate surface area is 94.5 Å². The van der Waals surface area contributed by atoms with Crippen molar-refractivity contribution in [1.29, 1.82) is 0 Å². The molecule has 0 unspecified atom stereocenters. The highest BCUT2D eigenvalue weighted by Crippen LogP contribution is 2.16. The first kappa shape index (κ1) is 11.0. The predicted octanol–water partition coefficient (Wildman–Crippen LogP) is 0.868. The van der Waals surface area contributed by atoms with Gasteiger partial charge in [-0.25, -0.2) is 4.79 Å². The molecule has 0 saturated carbocycles. The number of nitrogens with one attached hydrogen (secondary N) is 1. The first-order chi connectivity index (χ1) is 7.66. The van der Waals surface area contributed by atoms with Crippen molar-refractivity contribution >= 4 is 11.0 Å². The second kappa shape index (κ2) is 4.14. The topological polar surface area (TPSA) is 39.0 Å². The molecule has 0 bridgehead atoms. The molecule has 2 rings (SSSR count). The maximum absolute atomic E-state index is 12.0. The van der Waals surface area contributed by atoms with Gasteiger partial charge in [-0.1, -0.05) is 12.1 Å². The smallest absolute Gasteiger partial charge is 0.318 e. The van der Waals surface area contributed by atoms with Gasteiger partial charge in [0.15, 0.2) is 0 Å². The SMILES string of the molecule is CNCCn1c(=O)n(C)c2cccc(C)c21. The molecular formula is C12H17N3O. The lowest BCUT2D eigenvalue weighted by atomic mass is 10.2. The van der Waals surface area contributed by atoms with Crippen molar-refractivity contribution in [1.82, 2.24) is 14.5 Å². The minimum Gasteiger partial charge on any atom is -0.318 e. The molecule has 0 saturated heterocycles. The van der Waals surface area contributed by atoms with Crippen molar-refractivity contribution < 1.29 is 0 Å². The molecule has 0 aliphatic carbocycles. The fourth-order valence-corrected chi connectivity index (χ4v) is 2.08. The second-order valence-electron chi connectivity index (χ2n) is 4.04. The van der Waals surface area contributed by atoms with Gasteiger partial charge in [-0.3, -0.25) is 9.13 Å². The van der Waals surface area contributed by atoms with Crippen LogP contribution in [0.15, 0.2) is 23.0 Å². The number of imidazole rings is 1. The predicted molar refractivity (Wildman–Crippen MR) is 65.8 cm³/mol. The third kappa shape index (κ3) is 1.55. The Balaban J connectivity index is 2.71. The quantitative estimate of drug-likeness (QED) is 0.832. The molecule has 0 aliphatic heterocycles. The van der Waals surface area contributed by atoms with Crippen molar-refractivity contribution in [2.24, 2.45) is 7.05 Å². The molecule has 1 aromatic heterocycles. The first-order valence-electron chi connectivity index (χ1n) is 5.46. The molecule has 1 heterocycles. The average Bonchev–Trinajstić information content (AvgIpc) is 2.52. The van der Waals surface area contributed by atoms with E-state index in [1.165, 1.54) is 0 Å². The lowest BCUT2D eigenvalue weighted by Crippen LogP contribution is -2.26. The Morgan fingerprint density at radius 3 is 2.81 bits per heavy atom. The van der Waals surface area contributed by atoms with Gasteiger partial charge in [0.2, 0.25) is 0 Å². The molecule has 0 radical (unpaired) electrons. The van der Waals surface area contributed by atoms with E-state index in [0.29, 0.717) is 6.54 Å². The van der Waals surface area contributed by atoms with Crippen LogP contribution < -0.4 is 11.0 Å². The third-order valence-corrected chi connectivity index (χ3v) is 2.95. The Morgan fingerprint density at radius 1 is 1.38 bits per heavy atom. The number of nitrogens with zero attached hydrogens (tertiary/aromatic N) is 2. The van der Waals surface area contributed by atoms with Crippen LogP contribution in [-0.4, -0.2) is 22.7 Å². The number of benzene rings is 1. The van der Waals surface area contributed by atoms with Gasteiger partial charge in [0.1, 0.15) is 0 Å². The van der Waals surface area contributed by atoms with Crippen LogP contribution in [0.3, 0.4) is 0 Å². The van der Waals surface area contributed by atoms with Crippen LogP contribution in [-0.2, 0) is 13.6 Å². The van der Waals surface area contributed by atoms with Gasteiger partial charge in [0, 0.05) is 20.1 Å². The van der Waals surface area contributed by atoms with E-state index in [0.717, 1.165) is 23.1 Å². The fourth-order valence-electron chi connectivity index (χ4n) is 2.08. The minimum atomic E-state index is 0.0551. The molecule has 0 fully saturated rings. The van der Waals surface area contributed by atoms with Crippen LogP contribution in [0.25, 0.3) is 11.0 Å². The highest BCUT2D eigenvalue weighted by atomic mass is 16.1. The summed E-state index contributed by atoms with van der Waals surface area (Å²) in [7, 11) is 3.71. The summed E-state index contributed by atoms with van der Waals surface area (Å²) >= 11 is 0. The van der Waals surface area contributed by atoms with E-state index in [1.807, 2.05) is 43.8 Å². The average molecular weight is 219 g/mol. The van der Waals surface area contributed by atoms with E-state index in [9.17, 15) is 4.79 Å². The van der Waals surface area contributed by atoms with Crippen molar-refractivity contribution in [3.05, 3.63) is 34.2 Å². The van der Waals surface area contributed by atoms with E-state index in [-0.39, 0.29) is 5.69 Å². The third-order valence-electron chi connectivity index (χ3n) is 2.95. The van der Waals surface area contributed by atoms with Gasteiger partial charge >= 0.3 is 5.69 Å². The lowest BCUT2D eigenvalue weighted by molar-refractivity contribution is 0.626. The maximum atomic E-state index is 12.0. The fraction of sp³-hybridized carbons (Fsp3) is 0.417. The molecule has 86 valence electrons. The van der Waals surface area contributed by atoms with E-state index < -0.39 is 0 Å². The van der Waals surface area contributed by atoms with Gasteiger partial charge in [-0.2, -0.15) is 0 Å². The largest absolute Gasteiger partial charge is 0.328 e. The Morgan fingerprint density at radius 2 is 2.12 bits per heavy atom. The van der Waals surface area contributed by atoms with Crippen LogP contribution in [0.4, 0.5) is 0 Å². The standard InChI is InChI=1S/C12H17N3O/c1-9-5-4-6-10-11(9)15(8-7-13-2)12(16)14(10)3/h4-6,13H,7-8H2,1-3H3. The van der Waals surface area contributed by atoms with Crippen molar-refractivity contribution in [2.45, 2.75) is 13.5 Å². The van der Waals surface area contributed by atoms with Crippen molar-refractivity contribution in [3.8, 4) is 0 Å². The van der Waals surface area contributed by atoms with Gasteiger partial charge in [0.25, 0.3) is 0 Å². The number of likely N-dealkylation sites (N-methyl/N-ethyl adjacent to an activating group) is 1. The highest BCUT2D eigenvalue weighted by molar-refractivity contribution is 5.79. The van der Waals surface area contributed by atoms with Gasteiger partial charge in [-0.05, 0) is 25.6 Å². The zero-order valence-electron chi connectivity index (χ0n) is 9.95. The molecule has 2 aromatic rings. The Bertz CT molecular complexity index is 565. The van der Waals surface area contributed by atoms with Gasteiger partial charge in [-0.15, -0.1) is 0 Å². The Kier molecular flexibility index (Phi) is 2.83. The molecule has 0 amide bonds. The van der Waals surface area contributed by atoms with Crippen molar-refractivity contribution in [2.75, 3.05) is 13.6 Å². The second-order valence-corrected chi connectivity index (χ2v) is 4.04. The number of rotatable bonds is 3. The molecule has 0 atom stereocenters. The molecular weight excluding hydrogens is 202 g/mol. The summed E-state index contributed by atoms with van der Waals surface area (Å²) in [6, 6.07) is 6.01. The molecule has 1 N–H and O–H groups in total. The Hall–Kier alpha value is -1.55. The summed E-state index contributed by atoms with van der Waals surface area (Å²) in [5, 5.41) is 3.07. The van der Waals surface area contributed by atoms with Crippen LogP contribution in [0.5, 0.6) is 0 Å². The van der Waals surface area contributed by atoms with Crippen LogP contribution >= 0.6 is 0 Å². The van der Waals surface area contributed by atoms with E-state index in [2.05, 4.69) is 5.32 Å². The maximum Gasteiger partial charge on any atom is 0.328 e. The summed E-state index contributed by atoms with van der Waals surface area (Å²) < 4.78 is 3.54. The number of para-hydroxylation sites is 1. The van der Waals surface area contributed by atoms with Gasteiger partial charge in [0.05, 0.1) is 11.0 Å². The number of aromatic nitrogens is 2. The van der Waals surface area contributed by atoms with E-state index in [4.69, 9.17) is 0 Å². The number of fused-ring (bicyclic) bond motifs is 1. The summed E-state index contributed by atoms with van der Waals surface area (Å²) in [5.41, 5.74) is 3.25. The first-order valence-corrected chi connectivity index (χ1v) is 5.46. The molecule has 4 heteroatoms. The molecule has 4 nitrogen and oxygen atoms in total. The minimum absolute atomic E-state index is 0.0551. The zero-order valence-corrected chi connectivity index (χ0v) is 9.95. The lowest BCUT2D eigenvalue weighted by Gasteiger charge is -2.04. The summed E-state index contributed by atoms with van der Waals surface area (Å²) in [4.78, 5) is 12.0. The molecule has 16 heavy (non-hydrogen) atoms. The number of aryl methyl sites for hydroxylation is 2. The highest BCUT2D eigenvalue weighted by Gasteiger charge is 2.11. The normalized spacial score (nSPS) is 11.2. The molecule has 0 spiro atoms. The van der Waals surface area contributed by atoms with Crippen molar-refractivity contribution in [3.63, 3.8) is 0 Å². The van der Waals surface area contributed by atoms with E-state index in [1.54, 1.807) is 4.57 Å². The van der Waals surface area contributed by atoms with Crippen LogP contribution in [0, 0.1) is 6.92 Å². The number of hydrogen-bond donors (Lipinski definition) is 1. The van der Waals surface area contributed by atoms with Crippen LogP contribution in [0.2, 0.25) is 0 Å². The van der Waals surface area contributed by atoms with Crippen LogP contribution in [0.1, 0.15) is 5.56 Å². The summed E-state index contributed by atoms with van der Waals surface area (Å²) in [6.45, 7) is 3.54. The summed E-state index contributed by atoms with van der Waals surface area (Å²) in [5.74, 6) is 0.